The first-order chi connectivity index (χ1) is 10.7. The van der Waals surface area contributed by atoms with Gasteiger partial charge in [0.1, 0.15) is 0 Å². The van der Waals surface area contributed by atoms with Gasteiger partial charge in [0.2, 0.25) is 0 Å². The molecule has 0 spiro atoms. The fraction of sp³-hybridized carbons (Fsp3) is 0.368. The molecule has 0 aliphatic carbocycles. The van der Waals surface area contributed by atoms with Gasteiger partial charge in [-0.3, -0.25) is 0 Å². The second-order valence-electron chi connectivity index (χ2n) is 6.02. The predicted molar refractivity (Wildman–Crippen MR) is 96.3 cm³/mol. The number of fused-ring (bicyclic) bond motifs is 1. The summed E-state index contributed by atoms with van der Waals surface area (Å²) < 4.78 is 0. The van der Waals surface area contributed by atoms with Crippen molar-refractivity contribution in [1.29, 1.82) is 0 Å². The molecule has 0 fully saturated rings. The molecular formula is C19H21Cl2N. The number of hydrogen-bond donors (Lipinski definition) is 1. The Morgan fingerprint density at radius 1 is 1.09 bits per heavy atom. The first-order valence-electron chi connectivity index (χ1n) is 7.99. The second kappa shape index (κ2) is 6.93. The average Bonchev–Trinajstić information content (AvgIpc) is 2.53. The Balaban J connectivity index is 2.00. The van der Waals surface area contributed by atoms with Crippen LogP contribution in [0, 0.1) is 0 Å². The van der Waals surface area contributed by atoms with Gasteiger partial charge in [-0.25, -0.2) is 0 Å². The molecule has 0 aromatic heterocycles. The lowest BCUT2D eigenvalue weighted by molar-refractivity contribution is 0.525. The van der Waals surface area contributed by atoms with E-state index < -0.39 is 0 Å². The molecule has 1 aliphatic heterocycles. The van der Waals surface area contributed by atoms with Crippen molar-refractivity contribution in [3.63, 3.8) is 0 Å². The highest BCUT2D eigenvalue weighted by molar-refractivity contribution is 6.31. The van der Waals surface area contributed by atoms with Crippen LogP contribution < -0.4 is 5.32 Å². The number of benzene rings is 2. The highest BCUT2D eigenvalue weighted by Gasteiger charge is 2.28. The van der Waals surface area contributed by atoms with Crippen LogP contribution in [0.5, 0.6) is 0 Å². The molecule has 0 unspecified atom stereocenters. The van der Waals surface area contributed by atoms with Gasteiger partial charge in [-0.2, -0.15) is 0 Å². The minimum Gasteiger partial charge on any atom is -0.382 e. The van der Waals surface area contributed by atoms with E-state index in [4.69, 9.17) is 23.2 Å². The van der Waals surface area contributed by atoms with Crippen molar-refractivity contribution in [1.82, 2.24) is 0 Å². The van der Waals surface area contributed by atoms with Crippen molar-refractivity contribution in [2.75, 3.05) is 5.32 Å². The summed E-state index contributed by atoms with van der Waals surface area (Å²) in [6, 6.07) is 14.8. The number of halogens is 2. The lowest BCUT2D eigenvalue weighted by atomic mass is 9.81. The molecule has 0 saturated carbocycles. The number of rotatable bonds is 4. The summed E-state index contributed by atoms with van der Waals surface area (Å²) >= 11 is 12.7. The number of nitrogens with one attached hydrogen (secondary N) is 1. The van der Waals surface area contributed by atoms with Crippen molar-refractivity contribution in [2.24, 2.45) is 0 Å². The van der Waals surface area contributed by atoms with E-state index in [1.165, 1.54) is 36.1 Å². The molecule has 3 heteroatoms. The second-order valence-corrected chi connectivity index (χ2v) is 6.87. The predicted octanol–water partition coefficient (Wildman–Crippen LogP) is 6.50. The van der Waals surface area contributed by atoms with E-state index in [0.29, 0.717) is 12.0 Å². The molecule has 2 atom stereocenters. The molecule has 116 valence electrons. The lowest BCUT2D eigenvalue weighted by Crippen LogP contribution is -2.28. The molecule has 0 amide bonds. The number of hydrogen-bond acceptors (Lipinski definition) is 1. The van der Waals surface area contributed by atoms with Crippen molar-refractivity contribution >= 4 is 28.9 Å². The summed E-state index contributed by atoms with van der Waals surface area (Å²) in [5.74, 6) is 0.311. The zero-order chi connectivity index (χ0) is 15.5. The topological polar surface area (TPSA) is 12.0 Å². The summed E-state index contributed by atoms with van der Waals surface area (Å²) in [5, 5.41) is 5.30. The molecule has 0 radical (unpaired) electrons. The highest BCUT2D eigenvalue weighted by atomic mass is 35.5. The molecule has 0 saturated heterocycles. The van der Waals surface area contributed by atoms with E-state index in [1.807, 2.05) is 18.2 Å². The zero-order valence-electron chi connectivity index (χ0n) is 12.8. The summed E-state index contributed by atoms with van der Waals surface area (Å²) in [6.07, 6.45) is 4.73. The van der Waals surface area contributed by atoms with Gasteiger partial charge >= 0.3 is 0 Å². The molecule has 2 aromatic rings. The number of unbranched alkanes of at least 4 members (excludes halogenated alkanes) is 1. The fourth-order valence-electron chi connectivity index (χ4n) is 3.34. The van der Waals surface area contributed by atoms with Crippen molar-refractivity contribution in [3.8, 4) is 0 Å². The molecule has 2 aromatic carbocycles. The van der Waals surface area contributed by atoms with Gasteiger partial charge < -0.3 is 5.32 Å². The Morgan fingerprint density at radius 2 is 1.91 bits per heavy atom. The summed E-state index contributed by atoms with van der Waals surface area (Å²) in [6.45, 7) is 2.24. The monoisotopic (exact) mass is 333 g/mol. The molecule has 1 nitrogen and oxygen atoms in total. The molecule has 22 heavy (non-hydrogen) atoms. The van der Waals surface area contributed by atoms with E-state index >= 15 is 0 Å². The molecule has 3 rings (SSSR count). The van der Waals surface area contributed by atoms with E-state index in [1.54, 1.807) is 0 Å². The maximum Gasteiger partial charge on any atom is 0.0444 e. The van der Waals surface area contributed by atoms with Gasteiger partial charge in [0.05, 0.1) is 0 Å². The van der Waals surface area contributed by atoms with Gasteiger partial charge in [0, 0.05) is 27.7 Å². The van der Waals surface area contributed by atoms with Gasteiger partial charge in [0.25, 0.3) is 0 Å². The van der Waals surface area contributed by atoms with Crippen LogP contribution in [-0.2, 0) is 0 Å². The average molecular weight is 334 g/mol. The third-order valence-electron chi connectivity index (χ3n) is 4.46. The third-order valence-corrected chi connectivity index (χ3v) is 5.03. The van der Waals surface area contributed by atoms with E-state index in [9.17, 15) is 0 Å². The van der Waals surface area contributed by atoms with Crippen LogP contribution in [0.25, 0.3) is 0 Å². The van der Waals surface area contributed by atoms with Crippen LogP contribution >= 0.6 is 23.2 Å². The van der Waals surface area contributed by atoms with Crippen LogP contribution in [0.1, 0.15) is 49.7 Å². The standard InChI is InChI=1S/C19H21Cl2N/c1-2-3-6-14-12-16(15-7-4-5-8-18(15)21)17-11-13(20)9-10-19(17)22-14/h4-5,7-11,14,16,22H,2-3,6,12H2,1H3/t14-,16-/m1/s1. The number of anilines is 1. The Hall–Kier alpha value is -1.18. The van der Waals surface area contributed by atoms with Crippen LogP contribution in [0.15, 0.2) is 42.5 Å². The minimum absolute atomic E-state index is 0.311. The summed E-state index contributed by atoms with van der Waals surface area (Å²) in [4.78, 5) is 0. The Bertz CT molecular complexity index is 654. The minimum atomic E-state index is 0.311. The van der Waals surface area contributed by atoms with E-state index in [2.05, 4.69) is 36.5 Å². The molecule has 0 bridgehead atoms. The lowest BCUT2D eigenvalue weighted by Gasteiger charge is -2.34. The van der Waals surface area contributed by atoms with E-state index in [0.717, 1.165) is 16.5 Å². The van der Waals surface area contributed by atoms with Crippen LogP contribution in [0.4, 0.5) is 5.69 Å². The Kier molecular flexibility index (Phi) is 4.95. The first kappa shape index (κ1) is 15.7. The normalized spacial score (nSPS) is 20.3. The molecule has 1 aliphatic rings. The molecule has 1 heterocycles. The van der Waals surface area contributed by atoms with Gasteiger partial charge in [-0.05, 0) is 48.2 Å². The van der Waals surface area contributed by atoms with Gasteiger partial charge in [-0.1, -0.05) is 61.2 Å². The van der Waals surface area contributed by atoms with Gasteiger partial charge in [-0.15, -0.1) is 0 Å². The zero-order valence-corrected chi connectivity index (χ0v) is 14.3. The Morgan fingerprint density at radius 3 is 2.68 bits per heavy atom. The fourth-order valence-corrected chi connectivity index (χ4v) is 3.78. The third kappa shape index (κ3) is 3.26. The van der Waals surface area contributed by atoms with Crippen LogP contribution in [0.2, 0.25) is 10.0 Å². The summed E-state index contributed by atoms with van der Waals surface area (Å²) in [7, 11) is 0. The van der Waals surface area contributed by atoms with Crippen molar-refractivity contribution in [3.05, 3.63) is 63.6 Å². The summed E-state index contributed by atoms with van der Waals surface area (Å²) in [5.41, 5.74) is 3.66. The largest absolute Gasteiger partial charge is 0.382 e. The molecular weight excluding hydrogens is 313 g/mol. The van der Waals surface area contributed by atoms with Crippen molar-refractivity contribution in [2.45, 2.75) is 44.6 Å². The highest BCUT2D eigenvalue weighted by Crippen LogP contribution is 2.42. The smallest absolute Gasteiger partial charge is 0.0444 e. The molecule has 1 N–H and O–H groups in total. The van der Waals surface area contributed by atoms with Crippen LogP contribution in [0.3, 0.4) is 0 Å². The van der Waals surface area contributed by atoms with Crippen molar-refractivity contribution < 1.29 is 0 Å². The maximum atomic E-state index is 6.46. The SMILES string of the molecule is CCCC[C@@H]1C[C@H](c2ccccc2Cl)c2cc(Cl)ccc2N1. The van der Waals surface area contributed by atoms with E-state index in [-0.39, 0.29) is 0 Å². The Labute approximate surface area is 142 Å². The maximum absolute atomic E-state index is 6.46. The first-order valence-corrected chi connectivity index (χ1v) is 8.75. The quantitative estimate of drug-likeness (QED) is 0.673. The van der Waals surface area contributed by atoms with Crippen LogP contribution in [-0.4, -0.2) is 6.04 Å². The van der Waals surface area contributed by atoms with Gasteiger partial charge in [0.15, 0.2) is 0 Å².